The molecule has 1 aromatic carbocycles. The Hall–Kier alpha value is -2.05. The van der Waals surface area contributed by atoms with Crippen molar-refractivity contribution >= 4 is 0 Å². The van der Waals surface area contributed by atoms with Crippen LogP contribution in [-0.4, -0.2) is 10.6 Å². The molecule has 102 valence electrons. The smallest absolute Gasteiger partial charge is 0.101 e. The van der Waals surface area contributed by atoms with Crippen LogP contribution in [0.4, 0.5) is 0 Å². The molecule has 1 fully saturated rings. The summed E-state index contributed by atoms with van der Waals surface area (Å²) in [6.07, 6.45) is 7.29. The predicted octanol–water partition coefficient (Wildman–Crippen LogP) is 3.38. The fraction of sp³-hybridized carbons (Fsp3) is 0.353. The van der Waals surface area contributed by atoms with Gasteiger partial charge in [-0.15, -0.1) is 0 Å². The van der Waals surface area contributed by atoms with Crippen molar-refractivity contribution < 1.29 is 0 Å². The van der Waals surface area contributed by atoms with Crippen LogP contribution in [0.2, 0.25) is 0 Å². The maximum atomic E-state index is 9.23. The van der Waals surface area contributed by atoms with Crippen LogP contribution in [0.3, 0.4) is 0 Å². The van der Waals surface area contributed by atoms with Gasteiger partial charge in [-0.05, 0) is 37.1 Å². The summed E-state index contributed by atoms with van der Waals surface area (Å²) in [5.74, 6) is 0. The topological polar surface area (TPSA) is 40.8 Å². The predicted molar refractivity (Wildman–Crippen MR) is 79.6 cm³/mol. The Bertz CT molecular complexity index is 615. The summed E-state index contributed by atoms with van der Waals surface area (Å²) in [6, 6.07) is 14.8. The third kappa shape index (κ3) is 2.61. The molecule has 2 aromatic rings. The van der Waals surface area contributed by atoms with Crippen molar-refractivity contribution in [2.24, 2.45) is 0 Å². The molecule has 3 nitrogen and oxygen atoms in total. The van der Waals surface area contributed by atoms with Gasteiger partial charge in [-0.2, -0.15) is 5.26 Å². The summed E-state index contributed by atoms with van der Waals surface area (Å²) in [7, 11) is 0. The number of benzene rings is 1. The molecule has 20 heavy (non-hydrogen) atoms. The van der Waals surface area contributed by atoms with Gasteiger partial charge in [0.05, 0.1) is 11.3 Å². The molecule has 0 radical (unpaired) electrons. The van der Waals surface area contributed by atoms with Gasteiger partial charge in [-0.3, -0.25) is 0 Å². The third-order valence-corrected chi connectivity index (χ3v) is 4.04. The molecule has 1 aromatic heterocycles. The average Bonchev–Trinajstić information content (AvgIpc) is 3.16. The average molecular weight is 265 g/mol. The summed E-state index contributed by atoms with van der Waals surface area (Å²) in [4.78, 5) is 0. The summed E-state index contributed by atoms with van der Waals surface area (Å²) in [6.45, 7) is 0.859. The van der Waals surface area contributed by atoms with Gasteiger partial charge in [0.2, 0.25) is 0 Å². The van der Waals surface area contributed by atoms with Gasteiger partial charge in [-0.1, -0.05) is 25.0 Å². The number of aromatic nitrogens is 1. The quantitative estimate of drug-likeness (QED) is 0.920. The van der Waals surface area contributed by atoms with Crippen LogP contribution in [-0.2, 0) is 6.54 Å². The van der Waals surface area contributed by atoms with Crippen molar-refractivity contribution in [2.45, 2.75) is 38.3 Å². The molecule has 1 saturated carbocycles. The van der Waals surface area contributed by atoms with E-state index >= 15 is 0 Å². The number of hydrogen-bond acceptors (Lipinski definition) is 2. The van der Waals surface area contributed by atoms with Gasteiger partial charge >= 0.3 is 0 Å². The first kappa shape index (κ1) is 13.0. The minimum absolute atomic E-state index is 0.657. The maximum absolute atomic E-state index is 9.23. The number of para-hydroxylation sites is 1. The Kier molecular flexibility index (Phi) is 3.85. The van der Waals surface area contributed by atoms with Crippen molar-refractivity contribution in [3.05, 3.63) is 53.9 Å². The van der Waals surface area contributed by atoms with Crippen LogP contribution in [0, 0.1) is 11.3 Å². The van der Waals surface area contributed by atoms with Crippen LogP contribution < -0.4 is 5.32 Å². The van der Waals surface area contributed by atoms with Crippen LogP contribution in [0.25, 0.3) is 5.69 Å². The number of rotatable bonds is 4. The van der Waals surface area contributed by atoms with E-state index in [-0.39, 0.29) is 0 Å². The molecule has 1 aliphatic carbocycles. The summed E-state index contributed by atoms with van der Waals surface area (Å²) < 4.78 is 2.11. The molecule has 0 aliphatic heterocycles. The Morgan fingerprint density at radius 1 is 1.15 bits per heavy atom. The highest BCUT2D eigenvalue weighted by Gasteiger charge is 2.15. The van der Waals surface area contributed by atoms with E-state index in [1.807, 2.05) is 36.5 Å². The van der Waals surface area contributed by atoms with Crippen LogP contribution in [0.15, 0.2) is 42.6 Å². The SMILES string of the molecule is N#Cc1ccccc1-n1cccc1CNC1CCCC1. The zero-order chi connectivity index (χ0) is 13.8. The van der Waals surface area contributed by atoms with Crippen molar-refractivity contribution in [3.8, 4) is 11.8 Å². The monoisotopic (exact) mass is 265 g/mol. The second-order valence-corrected chi connectivity index (χ2v) is 5.36. The fourth-order valence-corrected chi connectivity index (χ4v) is 2.95. The van der Waals surface area contributed by atoms with Crippen molar-refractivity contribution in [1.82, 2.24) is 9.88 Å². The maximum Gasteiger partial charge on any atom is 0.101 e. The minimum Gasteiger partial charge on any atom is -0.318 e. The summed E-state index contributed by atoms with van der Waals surface area (Å²) in [5, 5.41) is 12.9. The first-order valence-electron chi connectivity index (χ1n) is 7.27. The molecule has 1 heterocycles. The molecule has 0 bridgehead atoms. The van der Waals surface area contributed by atoms with Crippen molar-refractivity contribution in [2.75, 3.05) is 0 Å². The Morgan fingerprint density at radius 3 is 2.75 bits per heavy atom. The Labute approximate surface area is 119 Å². The molecule has 3 heteroatoms. The van der Waals surface area contributed by atoms with Crippen LogP contribution >= 0.6 is 0 Å². The highest BCUT2D eigenvalue weighted by molar-refractivity contribution is 5.49. The Balaban J connectivity index is 1.81. The van der Waals surface area contributed by atoms with E-state index in [0.717, 1.165) is 12.2 Å². The summed E-state index contributed by atoms with van der Waals surface area (Å²) >= 11 is 0. The van der Waals surface area contributed by atoms with Gasteiger partial charge < -0.3 is 9.88 Å². The molecule has 1 aliphatic rings. The second-order valence-electron chi connectivity index (χ2n) is 5.36. The first-order valence-corrected chi connectivity index (χ1v) is 7.27. The van der Waals surface area contributed by atoms with Crippen LogP contribution in [0.5, 0.6) is 0 Å². The van der Waals surface area contributed by atoms with E-state index < -0.39 is 0 Å². The largest absolute Gasteiger partial charge is 0.318 e. The van der Waals surface area contributed by atoms with Gasteiger partial charge in [0.15, 0.2) is 0 Å². The molecular formula is C17H19N3. The molecule has 0 saturated heterocycles. The van der Waals surface area contributed by atoms with Gasteiger partial charge in [0.1, 0.15) is 6.07 Å². The van der Waals surface area contributed by atoms with E-state index in [9.17, 15) is 5.26 Å². The fourth-order valence-electron chi connectivity index (χ4n) is 2.95. The molecule has 0 amide bonds. The molecular weight excluding hydrogens is 246 g/mol. The molecule has 0 unspecified atom stereocenters. The first-order chi connectivity index (χ1) is 9.88. The Morgan fingerprint density at radius 2 is 1.95 bits per heavy atom. The highest BCUT2D eigenvalue weighted by atomic mass is 15.0. The van der Waals surface area contributed by atoms with E-state index in [2.05, 4.69) is 22.0 Å². The number of nitrogens with zero attached hydrogens (tertiary/aromatic N) is 2. The lowest BCUT2D eigenvalue weighted by Gasteiger charge is -2.15. The normalized spacial score (nSPS) is 15.3. The van der Waals surface area contributed by atoms with Crippen molar-refractivity contribution in [3.63, 3.8) is 0 Å². The minimum atomic E-state index is 0.657. The van der Waals surface area contributed by atoms with Crippen LogP contribution in [0.1, 0.15) is 36.9 Å². The van der Waals surface area contributed by atoms with E-state index in [0.29, 0.717) is 11.6 Å². The van der Waals surface area contributed by atoms with Crippen molar-refractivity contribution in [1.29, 1.82) is 5.26 Å². The molecule has 0 spiro atoms. The van der Waals surface area contributed by atoms with Gasteiger partial charge in [0, 0.05) is 24.5 Å². The van der Waals surface area contributed by atoms with E-state index in [1.165, 1.54) is 31.4 Å². The zero-order valence-corrected chi connectivity index (χ0v) is 11.5. The van der Waals surface area contributed by atoms with E-state index in [4.69, 9.17) is 0 Å². The third-order valence-electron chi connectivity index (χ3n) is 4.04. The number of nitrogens with one attached hydrogen (secondary N) is 1. The highest BCUT2D eigenvalue weighted by Crippen LogP contribution is 2.20. The second kappa shape index (κ2) is 5.94. The summed E-state index contributed by atoms with van der Waals surface area (Å²) in [5.41, 5.74) is 2.88. The molecule has 1 N–H and O–H groups in total. The number of hydrogen-bond donors (Lipinski definition) is 1. The number of nitriles is 1. The zero-order valence-electron chi connectivity index (χ0n) is 11.5. The lowest BCUT2D eigenvalue weighted by molar-refractivity contribution is 0.516. The molecule has 0 atom stereocenters. The van der Waals surface area contributed by atoms with E-state index in [1.54, 1.807) is 0 Å². The van der Waals surface area contributed by atoms with Gasteiger partial charge in [-0.25, -0.2) is 0 Å². The molecule has 3 rings (SSSR count). The van der Waals surface area contributed by atoms with Gasteiger partial charge in [0.25, 0.3) is 0 Å². The standard InChI is InChI=1S/C17H19N3/c18-12-14-6-1-4-10-17(14)20-11-5-9-16(20)13-19-15-7-2-3-8-15/h1,4-6,9-11,15,19H,2-3,7-8,13H2. The lowest BCUT2D eigenvalue weighted by Crippen LogP contribution is -2.26. The lowest BCUT2D eigenvalue weighted by atomic mass is 10.2.